The van der Waals surface area contributed by atoms with Gasteiger partial charge in [-0.3, -0.25) is 0 Å². The van der Waals surface area contributed by atoms with Crippen LogP contribution in [0.1, 0.15) is 0 Å². The Morgan fingerprint density at radius 1 is 1.38 bits per heavy atom. The summed E-state index contributed by atoms with van der Waals surface area (Å²) in [6.45, 7) is 0. The molecular formula is C9H5ClN2O. The van der Waals surface area contributed by atoms with Crippen LogP contribution in [0.4, 0.5) is 11.4 Å². The second-order valence-electron chi connectivity index (χ2n) is 2.52. The van der Waals surface area contributed by atoms with E-state index in [9.17, 15) is 4.79 Å². The molecule has 0 aliphatic carbocycles. The zero-order valence-electron chi connectivity index (χ0n) is 6.54. The summed E-state index contributed by atoms with van der Waals surface area (Å²) in [4.78, 5) is 14.4. The number of hydrogen-bond acceptors (Lipinski definition) is 3. The first-order chi connectivity index (χ1) is 6.31. The summed E-state index contributed by atoms with van der Waals surface area (Å²) in [6.07, 6.45) is 0. The minimum Gasteiger partial charge on any atom is -0.342 e. The number of fused-ring (bicyclic) bond motifs is 1. The zero-order chi connectivity index (χ0) is 9.26. The summed E-state index contributed by atoms with van der Waals surface area (Å²) >= 11 is 5.70. The number of benzene rings is 1. The van der Waals surface area contributed by atoms with Crippen molar-refractivity contribution in [1.29, 1.82) is 0 Å². The topological polar surface area (TPSA) is 41.5 Å². The van der Waals surface area contributed by atoms with Crippen molar-refractivity contribution in [3.8, 4) is 0 Å². The largest absolute Gasteiger partial charge is 0.342 e. The van der Waals surface area contributed by atoms with Crippen molar-refractivity contribution < 1.29 is 4.79 Å². The molecule has 1 aromatic rings. The number of allylic oxidation sites excluding steroid dienone is 1. The Morgan fingerprint density at radius 3 is 2.92 bits per heavy atom. The van der Waals surface area contributed by atoms with E-state index in [0.29, 0.717) is 0 Å². The molecule has 3 nitrogen and oxygen atoms in total. The molecule has 64 valence electrons. The molecule has 0 amide bonds. The van der Waals surface area contributed by atoms with Crippen LogP contribution in [0.3, 0.4) is 0 Å². The number of rotatable bonds is 0. The zero-order valence-corrected chi connectivity index (χ0v) is 7.30. The van der Waals surface area contributed by atoms with Crippen LogP contribution in [-0.2, 0) is 4.79 Å². The number of hydrogen-bond donors (Lipinski definition) is 1. The molecule has 0 fully saturated rings. The van der Waals surface area contributed by atoms with Gasteiger partial charge in [0.1, 0.15) is 0 Å². The normalized spacial score (nSPS) is 13.9. The Kier molecular flexibility index (Phi) is 1.89. The Balaban J connectivity index is 2.59. The minimum absolute atomic E-state index is 0.147. The van der Waals surface area contributed by atoms with Gasteiger partial charge in [0.2, 0.25) is 0 Å². The minimum atomic E-state index is 0.147. The maximum Gasteiger partial charge on any atom is 0.164 e. The number of aliphatic imine (C=N–C) groups is 1. The van der Waals surface area contributed by atoms with E-state index in [1.165, 1.54) is 0 Å². The van der Waals surface area contributed by atoms with Crippen LogP contribution in [0, 0.1) is 0 Å². The lowest BCUT2D eigenvalue weighted by Crippen LogP contribution is -2.10. The molecule has 1 aliphatic heterocycles. The molecule has 1 aromatic carbocycles. The highest BCUT2D eigenvalue weighted by Crippen LogP contribution is 2.30. The number of halogens is 1. The standard InChI is InChI=1S/C9H5ClN2O/c10-9-8(5-13)11-6-3-1-2-4-7(6)12-9/h1-4,11H. The predicted molar refractivity (Wildman–Crippen MR) is 52.2 cm³/mol. The summed E-state index contributed by atoms with van der Waals surface area (Å²) in [7, 11) is 0. The van der Waals surface area contributed by atoms with Gasteiger partial charge < -0.3 is 5.32 Å². The lowest BCUT2D eigenvalue weighted by atomic mass is 10.2. The quantitative estimate of drug-likeness (QED) is 0.640. The molecule has 0 spiro atoms. The van der Waals surface area contributed by atoms with Gasteiger partial charge in [-0.2, -0.15) is 0 Å². The number of nitrogens with zero attached hydrogens (tertiary/aromatic N) is 1. The molecule has 4 heteroatoms. The molecule has 0 saturated heterocycles. The van der Waals surface area contributed by atoms with Crippen molar-refractivity contribution in [3.63, 3.8) is 0 Å². The highest BCUT2D eigenvalue weighted by molar-refractivity contribution is 6.71. The SMILES string of the molecule is O=C=C1Nc2ccccc2N=C1Cl. The highest BCUT2D eigenvalue weighted by Gasteiger charge is 2.14. The van der Waals surface area contributed by atoms with Crippen LogP contribution in [0.25, 0.3) is 0 Å². The third-order valence-corrected chi connectivity index (χ3v) is 1.96. The van der Waals surface area contributed by atoms with Gasteiger partial charge in [0.25, 0.3) is 0 Å². The van der Waals surface area contributed by atoms with Crippen LogP contribution in [-0.4, -0.2) is 11.1 Å². The second-order valence-corrected chi connectivity index (χ2v) is 2.88. The Bertz CT molecular complexity index is 433. The first-order valence-corrected chi connectivity index (χ1v) is 4.05. The molecule has 0 unspecified atom stereocenters. The van der Waals surface area contributed by atoms with Crippen LogP contribution in [0.5, 0.6) is 0 Å². The van der Waals surface area contributed by atoms with Gasteiger partial charge >= 0.3 is 0 Å². The summed E-state index contributed by atoms with van der Waals surface area (Å²) in [5.41, 5.74) is 1.68. The molecule has 1 N–H and O–H groups in total. The van der Waals surface area contributed by atoms with E-state index in [4.69, 9.17) is 11.6 Å². The maximum atomic E-state index is 10.4. The second kappa shape index (κ2) is 3.05. The van der Waals surface area contributed by atoms with E-state index >= 15 is 0 Å². The third kappa shape index (κ3) is 1.35. The molecule has 0 aromatic heterocycles. The van der Waals surface area contributed by atoms with Crippen LogP contribution >= 0.6 is 11.6 Å². The summed E-state index contributed by atoms with van der Waals surface area (Å²) in [6, 6.07) is 7.33. The summed E-state index contributed by atoms with van der Waals surface area (Å²) < 4.78 is 0. The number of anilines is 1. The van der Waals surface area contributed by atoms with Crippen LogP contribution < -0.4 is 5.32 Å². The van der Waals surface area contributed by atoms with Crippen molar-refractivity contribution in [2.45, 2.75) is 0 Å². The lowest BCUT2D eigenvalue weighted by molar-refractivity contribution is 0.568. The molecular weight excluding hydrogens is 188 g/mol. The average Bonchev–Trinajstić information content (AvgIpc) is 2.17. The first kappa shape index (κ1) is 8.05. The van der Waals surface area contributed by atoms with Gasteiger partial charge in [-0.05, 0) is 12.1 Å². The van der Waals surface area contributed by atoms with Crippen LogP contribution in [0.15, 0.2) is 35.0 Å². The molecule has 0 radical (unpaired) electrons. The van der Waals surface area contributed by atoms with Gasteiger partial charge in [0.15, 0.2) is 16.8 Å². The monoisotopic (exact) mass is 192 g/mol. The molecule has 1 aliphatic rings. The molecule has 0 atom stereocenters. The van der Waals surface area contributed by atoms with Crippen molar-refractivity contribution in [1.82, 2.24) is 0 Å². The molecule has 1 heterocycles. The third-order valence-electron chi connectivity index (χ3n) is 1.69. The van der Waals surface area contributed by atoms with E-state index in [-0.39, 0.29) is 10.9 Å². The number of para-hydroxylation sites is 2. The Morgan fingerprint density at radius 2 is 2.15 bits per heavy atom. The van der Waals surface area contributed by atoms with E-state index in [0.717, 1.165) is 11.4 Å². The maximum absolute atomic E-state index is 10.4. The molecule has 0 saturated carbocycles. The highest BCUT2D eigenvalue weighted by atomic mass is 35.5. The molecule has 13 heavy (non-hydrogen) atoms. The molecule has 2 rings (SSSR count). The van der Waals surface area contributed by atoms with Gasteiger partial charge in [-0.1, -0.05) is 23.7 Å². The van der Waals surface area contributed by atoms with E-state index < -0.39 is 0 Å². The smallest absolute Gasteiger partial charge is 0.164 e. The fourth-order valence-electron chi connectivity index (χ4n) is 1.09. The van der Waals surface area contributed by atoms with Crippen molar-refractivity contribution in [2.24, 2.45) is 4.99 Å². The van der Waals surface area contributed by atoms with Gasteiger partial charge in [-0.15, -0.1) is 0 Å². The summed E-state index contributed by atoms with van der Waals surface area (Å²) in [5, 5.41) is 2.97. The van der Waals surface area contributed by atoms with Gasteiger partial charge in [0, 0.05) is 0 Å². The fourth-order valence-corrected chi connectivity index (χ4v) is 1.27. The lowest BCUT2D eigenvalue weighted by Gasteiger charge is -2.13. The average molecular weight is 193 g/mol. The number of carbonyl (C=O) groups excluding carboxylic acids is 1. The Labute approximate surface area is 79.7 Å². The van der Waals surface area contributed by atoms with Crippen molar-refractivity contribution in [3.05, 3.63) is 30.0 Å². The first-order valence-electron chi connectivity index (χ1n) is 3.67. The van der Waals surface area contributed by atoms with E-state index in [2.05, 4.69) is 10.3 Å². The van der Waals surface area contributed by atoms with Crippen LogP contribution in [0.2, 0.25) is 0 Å². The summed E-state index contributed by atoms with van der Waals surface area (Å²) in [5.74, 6) is 1.69. The molecule has 0 bridgehead atoms. The predicted octanol–water partition coefficient (Wildman–Crippen LogP) is 2.10. The Hall–Kier alpha value is -1.57. The van der Waals surface area contributed by atoms with Gasteiger partial charge in [0.05, 0.1) is 11.4 Å². The van der Waals surface area contributed by atoms with E-state index in [1.54, 1.807) is 5.94 Å². The fraction of sp³-hybridized carbons (Fsp3) is 0. The van der Waals surface area contributed by atoms with E-state index in [1.807, 2.05) is 24.3 Å². The van der Waals surface area contributed by atoms with Crippen molar-refractivity contribution >= 4 is 34.1 Å². The van der Waals surface area contributed by atoms with Crippen molar-refractivity contribution in [2.75, 3.05) is 5.32 Å². The van der Waals surface area contributed by atoms with Gasteiger partial charge in [-0.25, -0.2) is 9.79 Å². The number of nitrogens with one attached hydrogen (secondary N) is 1.